The first-order valence-corrected chi connectivity index (χ1v) is 3.33. The van der Waals surface area contributed by atoms with E-state index < -0.39 is 18.6 Å². The molecular weight excluding hydrogens is 188 g/mol. The number of halogens is 4. The molecule has 0 spiro atoms. The molecule has 0 aromatic heterocycles. The molecule has 0 heterocycles. The second kappa shape index (κ2) is 4.11. The van der Waals surface area contributed by atoms with Gasteiger partial charge in [0.1, 0.15) is 5.75 Å². The third kappa shape index (κ3) is 2.93. The van der Waals surface area contributed by atoms with Crippen molar-refractivity contribution >= 4 is 0 Å². The zero-order chi connectivity index (χ0) is 9.84. The van der Waals surface area contributed by atoms with Crippen LogP contribution in [0.3, 0.4) is 0 Å². The lowest BCUT2D eigenvalue weighted by Gasteiger charge is -2.05. The maximum Gasteiger partial charge on any atom is 0.387 e. The van der Waals surface area contributed by atoms with Crippen molar-refractivity contribution in [3.63, 3.8) is 0 Å². The Kier molecular flexibility index (Phi) is 3.11. The summed E-state index contributed by atoms with van der Waals surface area (Å²) in [6.07, 6.45) is -2.71. The predicted molar refractivity (Wildman–Crippen MR) is 36.9 cm³/mol. The lowest BCUT2D eigenvalue weighted by molar-refractivity contribution is -0.0500. The molecule has 71 valence electrons. The minimum Gasteiger partial charge on any atom is -0.435 e. The minimum atomic E-state index is -3.01. The van der Waals surface area contributed by atoms with Crippen molar-refractivity contribution in [1.82, 2.24) is 0 Å². The molecule has 1 aromatic carbocycles. The van der Waals surface area contributed by atoms with Gasteiger partial charge in [-0.3, -0.25) is 0 Å². The summed E-state index contributed by atoms with van der Waals surface area (Å²) in [5, 5.41) is 0. The quantitative estimate of drug-likeness (QED) is 0.670. The Morgan fingerprint density at radius 3 is 2.38 bits per heavy atom. The van der Waals surface area contributed by atoms with Crippen LogP contribution in [0.25, 0.3) is 0 Å². The van der Waals surface area contributed by atoms with Crippen molar-refractivity contribution in [3.8, 4) is 5.75 Å². The smallest absolute Gasteiger partial charge is 0.387 e. The van der Waals surface area contributed by atoms with Crippen LogP contribution in [0.2, 0.25) is 0 Å². The van der Waals surface area contributed by atoms with Gasteiger partial charge < -0.3 is 4.74 Å². The van der Waals surface area contributed by atoms with E-state index in [1.54, 1.807) is 0 Å². The summed E-state index contributed by atoms with van der Waals surface area (Å²) in [7, 11) is 0. The van der Waals surface area contributed by atoms with Crippen molar-refractivity contribution in [2.75, 3.05) is 0 Å². The topological polar surface area (TPSA) is 9.23 Å². The summed E-state index contributed by atoms with van der Waals surface area (Å²) >= 11 is 0. The Labute approximate surface area is 71.9 Å². The molecule has 1 nitrogen and oxygen atoms in total. The summed E-state index contributed by atoms with van der Waals surface area (Å²) in [6, 6.07) is 5.22. The maximum atomic E-state index is 12.0. The molecular formula is C8H5F4O. The average Bonchev–Trinajstić information content (AvgIpc) is 2.03. The van der Waals surface area contributed by atoms with Gasteiger partial charge in [0.05, 0.1) is 0 Å². The molecule has 0 aliphatic carbocycles. The van der Waals surface area contributed by atoms with Gasteiger partial charge >= 0.3 is 6.61 Å². The Hall–Kier alpha value is -1.26. The van der Waals surface area contributed by atoms with Gasteiger partial charge in [-0.2, -0.15) is 8.78 Å². The highest BCUT2D eigenvalue weighted by atomic mass is 19.3. The van der Waals surface area contributed by atoms with Crippen molar-refractivity contribution in [1.29, 1.82) is 0 Å². The summed E-state index contributed by atoms with van der Waals surface area (Å²) in [4.78, 5) is 0. The third-order valence-electron chi connectivity index (χ3n) is 1.26. The fourth-order valence-corrected chi connectivity index (χ4v) is 0.765. The van der Waals surface area contributed by atoms with Gasteiger partial charge in [0, 0.05) is 5.56 Å². The molecule has 0 aliphatic heterocycles. The highest BCUT2D eigenvalue weighted by Crippen LogP contribution is 2.23. The van der Waals surface area contributed by atoms with E-state index >= 15 is 0 Å². The average molecular weight is 193 g/mol. The normalized spacial score (nSPS) is 10.9. The molecule has 1 rings (SSSR count). The third-order valence-corrected chi connectivity index (χ3v) is 1.26. The van der Waals surface area contributed by atoms with Crippen molar-refractivity contribution in [2.45, 2.75) is 13.0 Å². The van der Waals surface area contributed by atoms with E-state index in [0.29, 0.717) is 0 Å². The molecule has 0 aliphatic rings. The first-order valence-electron chi connectivity index (χ1n) is 3.33. The van der Waals surface area contributed by atoms with Crippen LogP contribution in [-0.2, 0) is 0 Å². The van der Waals surface area contributed by atoms with E-state index in [9.17, 15) is 17.6 Å². The van der Waals surface area contributed by atoms with Gasteiger partial charge in [-0.25, -0.2) is 8.78 Å². The van der Waals surface area contributed by atoms with Crippen LogP contribution in [0.5, 0.6) is 5.75 Å². The molecule has 0 atom stereocenters. The second-order valence-electron chi connectivity index (χ2n) is 2.18. The molecule has 0 saturated heterocycles. The van der Waals surface area contributed by atoms with E-state index in [0.717, 1.165) is 18.2 Å². The largest absolute Gasteiger partial charge is 0.435 e. The van der Waals surface area contributed by atoms with Gasteiger partial charge in [-0.1, -0.05) is 0 Å². The molecule has 1 aromatic rings. The van der Waals surface area contributed by atoms with E-state index in [4.69, 9.17) is 0 Å². The second-order valence-corrected chi connectivity index (χ2v) is 2.18. The summed E-state index contributed by atoms with van der Waals surface area (Å²) in [5.74, 6) is -0.312. The fraction of sp³-hybridized carbons (Fsp3) is 0.250. The monoisotopic (exact) mass is 193 g/mol. The summed E-state index contributed by atoms with van der Waals surface area (Å²) in [5.41, 5.74) is -0.391. The van der Waals surface area contributed by atoms with Crippen LogP contribution >= 0.6 is 0 Å². The number of benzene rings is 1. The number of ether oxygens (including phenoxy) is 1. The Bertz CT molecular complexity index is 275. The van der Waals surface area contributed by atoms with Crippen LogP contribution in [-0.4, -0.2) is 6.61 Å². The number of rotatable bonds is 3. The molecule has 0 amide bonds. The van der Waals surface area contributed by atoms with E-state index in [-0.39, 0.29) is 5.75 Å². The number of hydrogen-bond acceptors (Lipinski definition) is 1. The van der Waals surface area contributed by atoms with Crippen molar-refractivity contribution < 1.29 is 22.3 Å². The highest BCUT2D eigenvalue weighted by molar-refractivity contribution is 5.28. The molecule has 0 bridgehead atoms. The molecule has 13 heavy (non-hydrogen) atoms. The van der Waals surface area contributed by atoms with Gasteiger partial charge in [-0.05, 0) is 24.3 Å². The maximum absolute atomic E-state index is 12.0. The number of alkyl halides is 4. The highest BCUT2D eigenvalue weighted by Gasteiger charge is 2.09. The first kappa shape index (κ1) is 9.83. The standard InChI is InChI=1S/C8H5F4O/c9-7(10)5-2-1-3-6(4-5)13-8(11)12/h2-4,7-8H. The first-order chi connectivity index (χ1) is 6.09. The molecule has 0 unspecified atom stereocenters. The van der Waals surface area contributed by atoms with Crippen molar-refractivity contribution in [2.24, 2.45) is 0 Å². The Morgan fingerprint density at radius 1 is 1.15 bits per heavy atom. The van der Waals surface area contributed by atoms with Gasteiger partial charge in [0.15, 0.2) is 0 Å². The van der Waals surface area contributed by atoms with Crippen LogP contribution in [0, 0.1) is 6.07 Å². The SMILES string of the molecule is FC(F)Oc1c[c]cc(C(F)F)c1. The zero-order valence-corrected chi connectivity index (χ0v) is 6.31. The molecule has 5 heteroatoms. The minimum absolute atomic E-state index is 0.312. The molecule has 1 radical (unpaired) electrons. The summed E-state index contributed by atoms with van der Waals surface area (Å²) < 4.78 is 51.2. The zero-order valence-electron chi connectivity index (χ0n) is 6.31. The van der Waals surface area contributed by atoms with Gasteiger partial charge in [-0.15, -0.1) is 0 Å². The lowest BCUT2D eigenvalue weighted by atomic mass is 10.2. The summed E-state index contributed by atoms with van der Waals surface area (Å²) in [6.45, 7) is -3.01. The number of hydrogen-bond donors (Lipinski definition) is 0. The van der Waals surface area contributed by atoms with E-state index in [2.05, 4.69) is 10.8 Å². The molecule has 0 saturated carbocycles. The van der Waals surface area contributed by atoms with Crippen LogP contribution in [0.4, 0.5) is 17.6 Å². The molecule has 0 N–H and O–H groups in total. The Balaban J connectivity index is 2.79. The predicted octanol–water partition coefficient (Wildman–Crippen LogP) is 3.03. The van der Waals surface area contributed by atoms with Crippen LogP contribution in [0.15, 0.2) is 18.2 Å². The van der Waals surface area contributed by atoms with Gasteiger partial charge in [0.25, 0.3) is 6.43 Å². The fourth-order valence-electron chi connectivity index (χ4n) is 0.765. The lowest BCUT2D eigenvalue weighted by Crippen LogP contribution is -2.02. The van der Waals surface area contributed by atoms with Crippen molar-refractivity contribution in [3.05, 3.63) is 29.8 Å². The van der Waals surface area contributed by atoms with E-state index in [1.165, 1.54) is 0 Å². The van der Waals surface area contributed by atoms with Crippen LogP contribution in [0.1, 0.15) is 12.0 Å². The van der Waals surface area contributed by atoms with Crippen LogP contribution < -0.4 is 4.74 Å². The Morgan fingerprint density at radius 2 is 1.85 bits per heavy atom. The molecule has 0 fully saturated rings. The van der Waals surface area contributed by atoms with E-state index in [1.807, 2.05) is 0 Å². The van der Waals surface area contributed by atoms with Gasteiger partial charge in [0.2, 0.25) is 0 Å².